The molecular weight excluding hydrogens is 302 g/mol. The van der Waals surface area contributed by atoms with Crippen molar-refractivity contribution in [3.05, 3.63) is 29.6 Å². The van der Waals surface area contributed by atoms with E-state index in [0.29, 0.717) is 11.7 Å². The smallest absolute Gasteiger partial charge is 0.185 e. The highest BCUT2D eigenvalue weighted by atomic mass is 32.2. The van der Waals surface area contributed by atoms with Gasteiger partial charge in [-0.3, -0.25) is 15.3 Å². The predicted molar refractivity (Wildman–Crippen MR) is 91.4 cm³/mol. The molecule has 5 nitrogen and oxygen atoms in total. The van der Waals surface area contributed by atoms with E-state index in [2.05, 4.69) is 9.88 Å². The van der Waals surface area contributed by atoms with Crippen molar-refractivity contribution in [1.82, 2.24) is 14.8 Å². The lowest BCUT2D eigenvalue weighted by atomic mass is 10.3. The minimum atomic E-state index is 0.296. The molecule has 114 valence electrons. The summed E-state index contributed by atoms with van der Waals surface area (Å²) in [6, 6.07) is 6.09. The lowest BCUT2D eigenvalue weighted by molar-refractivity contribution is 0.396. The summed E-state index contributed by atoms with van der Waals surface area (Å²) in [4.78, 5) is 8.12. The van der Waals surface area contributed by atoms with Gasteiger partial charge in [0.05, 0.1) is 11.4 Å². The van der Waals surface area contributed by atoms with Gasteiger partial charge in [-0.25, -0.2) is 0 Å². The first-order chi connectivity index (χ1) is 10.1. The largest absolute Gasteiger partial charge is 0.304 e. The van der Waals surface area contributed by atoms with Crippen molar-refractivity contribution < 1.29 is 0 Å². The Morgan fingerprint density at radius 1 is 1.38 bits per heavy atom. The van der Waals surface area contributed by atoms with Crippen LogP contribution in [0.1, 0.15) is 11.4 Å². The molecule has 21 heavy (non-hydrogen) atoms. The summed E-state index contributed by atoms with van der Waals surface area (Å²) in [5.74, 6) is 1.63. The van der Waals surface area contributed by atoms with Gasteiger partial charge in [0.2, 0.25) is 0 Å². The Kier molecular flexibility index (Phi) is 8.20. The van der Waals surface area contributed by atoms with Gasteiger partial charge in [0.25, 0.3) is 0 Å². The van der Waals surface area contributed by atoms with Gasteiger partial charge in [-0.05, 0) is 32.5 Å². The van der Waals surface area contributed by atoms with Gasteiger partial charge in [0, 0.05) is 24.6 Å². The SMILES string of the molecule is CSC(=N)N(C#N)CCSCc1cccc(CN(C)C)n1. The van der Waals surface area contributed by atoms with Crippen LogP contribution >= 0.6 is 23.5 Å². The van der Waals surface area contributed by atoms with E-state index < -0.39 is 0 Å². The first-order valence-electron chi connectivity index (χ1n) is 6.54. The molecule has 0 aliphatic carbocycles. The van der Waals surface area contributed by atoms with Crippen molar-refractivity contribution in [2.75, 3.05) is 32.6 Å². The van der Waals surface area contributed by atoms with Crippen molar-refractivity contribution in [3.63, 3.8) is 0 Å². The van der Waals surface area contributed by atoms with Crippen LogP contribution in [-0.2, 0) is 12.3 Å². The normalized spacial score (nSPS) is 10.4. The Labute approximate surface area is 135 Å². The molecule has 0 aliphatic heterocycles. The van der Waals surface area contributed by atoms with Crippen LogP contribution < -0.4 is 0 Å². The van der Waals surface area contributed by atoms with Gasteiger partial charge < -0.3 is 4.90 Å². The maximum absolute atomic E-state index is 8.96. The van der Waals surface area contributed by atoms with E-state index in [1.54, 1.807) is 18.0 Å². The van der Waals surface area contributed by atoms with Gasteiger partial charge in [-0.2, -0.15) is 17.0 Å². The number of hydrogen-bond donors (Lipinski definition) is 1. The molecule has 0 unspecified atom stereocenters. The molecule has 1 aromatic rings. The molecule has 1 aromatic heterocycles. The van der Waals surface area contributed by atoms with E-state index in [-0.39, 0.29) is 0 Å². The number of thioether (sulfide) groups is 2. The third-order valence-electron chi connectivity index (χ3n) is 2.61. The molecule has 0 spiro atoms. The molecule has 1 heterocycles. The highest BCUT2D eigenvalue weighted by Gasteiger charge is 2.07. The number of nitrogens with zero attached hydrogens (tertiary/aromatic N) is 4. The predicted octanol–water partition coefficient (Wildman–Crippen LogP) is 2.46. The molecule has 0 aliphatic rings. The van der Waals surface area contributed by atoms with Crippen molar-refractivity contribution in [3.8, 4) is 6.19 Å². The highest BCUT2D eigenvalue weighted by Crippen LogP contribution is 2.12. The lowest BCUT2D eigenvalue weighted by Crippen LogP contribution is -2.25. The van der Waals surface area contributed by atoms with Crippen LogP contribution in [0.2, 0.25) is 0 Å². The zero-order valence-corrected chi connectivity index (χ0v) is 14.3. The molecule has 1 N–H and O–H groups in total. The molecule has 0 aromatic carbocycles. The Hall–Kier alpha value is -1.23. The molecule has 0 saturated heterocycles. The number of nitrogens with one attached hydrogen (secondary N) is 1. The number of aromatic nitrogens is 1. The van der Waals surface area contributed by atoms with E-state index in [9.17, 15) is 0 Å². The standard InChI is InChI=1S/C14H21N5S2/c1-18(2)9-12-5-4-6-13(17-12)10-21-8-7-19(11-15)14(16)20-3/h4-6,16H,7-10H2,1-3H3. The van der Waals surface area contributed by atoms with E-state index in [1.807, 2.05) is 38.5 Å². The van der Waals surface area contributed by atoms with Gasteiger partial charge >= 0.3 is 0 Å². The fourth-order valence-electron chi connectivity index (χ4n) is 1.66. The van der Waals surface area contributed by atoms with Gasteiger partial charge in [0.15, 0.2) is 11.4 Å². The third kappa shape index (κ3) is 6.85. The summed E-state index contributed by atoms with van der Waals surface area (Å²) in [7, 11) is 4.06. The Bertz CT molecular complexity index is 498. The summed E-state index contributed by atoms with van der Waals surface area (Å²) in [6.07, 6.45) is 3.84. The van der Waals surface area contributed by atoms with E-state index in [0.717, 1.165) is 29.4 Å². The molecule has 0 bridgehead atoms. The summed E-state index contributed by atoms with van der Waals surface area (Å²) in [5.41, 5.74) is 2.13. The van der Waals surface area contributed by atoms with Crippen LogP contribution in [0, 0.1) is 16.9 Å². The average Bonchev–Trinajstić information content (AvgIpc) is 2.46. The zero-order valence-electron chi connectivity index (χ0n) is 12.7. The molecule has 0 amide bonds. The quantitative estimate of drug-likeness (QED) is 0.273. The van der Waals surface area contributed by atoms with E-state index in [4.69, 9.17) is 10.7 Å². The monoisotopic (exact) mass is 323 g/mol. The van der Waals surface area contributed by atoms with Crippen LogP contribution in [0.5, 0.6) is 0 Å². The molecule has 0 radical (unpaired) electrons. The first kappa shape index (κ1) is 17.8. The van der Waals surface area contributed by atoms with Gasteiger partial charge in [-0.15, -0.1) is 0 Å². The van der Waals surface area contributed by atoms with Gasteiger partial charge in [0.1, 0.15) is 0 Å². The Morgan fingerprint density at radius 3 is 2.71 bits per heavy atom. The first-order valence-corrected chi connectivity index (χ1v) is 8.92. The second-order valence-electron chi connectivity index (χ2n) is 4.67. The fraction of sp³-hybridized carbons (Fsp3) is 0.500. The van der Waals surface area contributed by atoms with Crippen molar-refractivity contribution in [2.45, 2.75) is 12.3 Å². The maximum atomic E-state index is 8.96. The minimum Gasteiger partial charge on any atom is -0.304 e. The number of amidine groups is 1. The molecule has 0 saturated carbocycles. The molecule has 0 fully saturated rings. The minimum absolute atomic E-state index is 0.296. The highest BCUT2D eigenvalue weighted by molar-refractivity contribution is 8.13. The number of rotatable bonds is 7. The molecule has 0 atom stereocenters. The van der Waals surface area contributed by atoms with Crippen LogP contribution in [0.25, 0.3) is 0 Å². The second-order valence-corrected chi connectivity index (χ2v) is 6.57. The Morgan fingerprint density at radius 2 is 2.10 bits per heavy atom. The average molecular weight is 323 g/mol. The zero-order chi connectivity index (χ0) is 15.7. The number of nitriles is 1. The second kappa shape index (κ2) is 9.66. The van der Waals surface area contributed by atoms with Crippen LogP contribution in [0.15, 0.2) is 18.2 Å². The van der Waals surface area contributed by atoms with Crippen molar-refractivity contribution in [1.29, 1.82) is 10.7 Å². The summed E-state index contributed by atoms with van der Waals surface area (Å²) < 4.78 is 0. The molecule has 1 rings (SSSR count). The Balaban J connectivity index is 2.39. The lowest BCUT2D eigenvalue weighted by Gasteiger charge is -2.14. The third-order valence-corrected chi connectivity index (χ3v) is 4.19. The van der Waals surface area contributed by atoms with Crippen molar-refractivity contribution in [2.24, 2.45) is 0 Å². The van der Waals surface area contributed by atoms with E-state index in [1.165, 1.54) is 16.7 Å². The summed E-state index contributed by atoms with van der Waals surface area (Å²) in [6.45, 7) is 1.41. The molecule has 7 heteroatoms. The summed E-state index contributed by atoms with van der Waals surface area (Å²) >= 11 is 3.01. The topological polar surface area (TPSA) is 67.0 Å². The van der Waals surface area contributed by atoms with Crippen molar-refractivity contribution >= 4 is 28.7 Å². The van der Waals surface area contributed by atoms with Crippen LogP contribution in [-0.4, -0.2) is 52.6 Å². The van der Waals surface area contributed by atoms with Crippen LogP contribution in [0.4, 0.5) is 0 Å². The van der Waals surface area contributed by atoms with Gasteiger partial charge in [-0.1, -0.05) is 17.8 Å². The number of hydrogen-bond acceptors (Lipinski definition) is 6. The number of pyridine rings is 1. The van der Waals surface area contributed by atoms with E-state index >= 15 is 0 Å². The maximum Gasteiger partial charge on any atom is 0.185 e. The fourth-order valence-corrected chi connectivity index (χ4v) is 2.84. The van der Waals surface area contributed by atoms with Crippen LogP contribution in [0.3, 0.4) is 0 Å². The molecular formula is C14H21N5S2. The summed E-state index contributed by atoms with van der Waals surface area (Å²) in [5, 5.41) is 16.9.